The van der Waals surface area contributed by atoms with E-state index in [4.69, 9.17) is 9.97 Å². The van der Waals surface area contributed by atoms with Crippen LogP contribution >= 0.6 is 0 Å². The Bertz CT molecular complexity index is 831. The van der Waals surface area contributed by atoms with Crippen LogP contribution in [0.1, 0.15) is 50.9 Å². The number of rotatable bonds is 4. The normalized spacial score (nSPS) is 20.4. The highest BCUT2D eigenvalue weighted by Crippen LogP contribution is 2.27. The molecule has 1 amide bonds. The van der Waals surface area contributed by atoms with Crippen LogP contribution in [0.25, 0.3) is 11.2 Å². The van der Waals surface area contributed by atoms with Gasteiger partial charge in [0.1, 0.15) is 5.52 Å². The number of carbonyl (C=O) groups excluding carboxylic acids is 1. The zero-order valence-corrected chi connectivity index (χ0v) is 16.4. The molecule has 0 N–H and O–H groups in total. The number of aromatic nitrogens is 3. The highest BCUT2D eigenvalue weighted by Gasteiger charge is 2.30. The van der Waals surface area contributed by atoms with E-state index in [0.717, 1.165) is 92.9 Å². The third-order valence-corrected chi connectivity index (χ3v) is 5.89. The summed E-state index contributed by atoms with van der Waals surface area (Å²) in [4.78, 5) is 31.2. The fraction of sp³-hybridized carbons (Fsp3) is 0.619. The number of carbonyl (C=O) groups is 1. The topological polar surface area (TPSA) is 62.2 Å². The lowest BCUT2D eigenvalue weighted by atomic mass is 9.96. The number of hydrogen-bond acceptors (Lipinski definition) is 5. The molecule has 0 radical (unpaired) electrons. The van der Waals surface area contributed by atoms with Gasteiger partial charge in [-0.15, -0.1) is 0 Å². The summed E-state index contributed by atoms with van der Waals surface area (Å²) in [7, 11) is 0. The summed E-state index contributed by atoms with van der Waals surface area (Å²) >= 11 is 0. The molecule has 6 nitrogen and oxygen atoms in total. The van der Waals surface area contributed by atoms with Gasteiger partial charge in [-0.1, -0.05) is 13.8 Å². The molecular formula is C21H29N5O. The molecule has 1 unspecified atom stereocenters. The van der Waals surface area contributed by atoms with E-state index in [-0.39, 0.29) is 5.92 Å². The van der Waals surface area contributed by atoms with Gasteiger partial charge in [0.05, 0.1) is 29.2 Å². The Labute approximate surface area is 161 Å². The van der Waals surface area contributed by atoms with Crippen molar-refractivity contribution in [3.8, 4) is 0 Å². The fourth-order valence-corrected chi connectivity index (χ4v) is 4.35. The molecule has 4 rings (SSSR count). The molecule has 27 heavy (non-hydrogen) atoms. The monoisotopic (exact) mass is 367 g/mol. The van der Waals surface area contributed by atoms with Crippen molar-refractivity contribution >= 4 is 22.8 Å². The van der Waals surface area contributed by atoms with Crippen LogP contribution in [0.15, 0.2) is 12.3 Å². The number of amides is 1. The lowest BCUT2D eigenvalue weighted by Gasteiger charge is -2.35. The number of fused-ring (bicyclic) bond motifs is 1. The first kappa shape index (κ1) is 18.1. The number of piperidine rings is 1. The van der Waals surface area contributed by atoms with Gasteiger partial charge >= 0.3 is 0 Å². The van der Waals surface area contributed by atoms with Gasteiger partial charge in [0.15, 0.2) is 5.65 Å². The highest BCUT2D eigenvalue weighted by atomic mass is 16.2. The van der Waals surface area contributed by atoms with E-state index in [1.165, 1.54) is 0 Å². The molecule has 144 valence electrons. The molecule has 0 aliphatic carbocycles. The van der Waals surface area contributed by atoms with Crippen molar-refractivity contribution in [3.05, 3.63) is 23.7 Å². The third-order valence-electron chi connectivity index (χ3n) is 5.89. The molecule has 2 aliphatic heterocycles. The maximum atomic E-state index is 12.8. The first-order chi connectivity index (χ1) is 13.2. The van der Waals surface area contributed by atoms with Gasteiger partial charge in [-0.3, -0.25) is 4.79 Å². The molecule has 0 bridgehead atoms. The van der Waals surface area contributed by atoms with E-state index in [1.807, 2.05) is 6.20 Å². The van der Waals surface area contributed by atoms with Gasteiger partial charge in [-0.05, 0) is 44.6 Å². The molecule has 2 saturated heterocycles. The van der Waals surface area contributed by atoms with Crippen LogP contribution in [-0.2, 0) is 17.6 Å². The SMILES string of the molecule is CCc1nc2cc(N3CCCC(C(=O)N4CCCC4)C3)cnc2nc1CC. The number of pyridine rings is 1. The van der Waals surface area contributed by atoms with Gasteiger partial charge in [0, 0.05) is 26.2 Å². The largest absolute Gasteiger partial charge is 0.369 e. The first-order valence-corrected chi connectivity index (χ1v) is 10.4. The Morgan fingerprint density at radius 3 is 2.56 bits per heavy atom. The van der Waals surface area contributed by atoms with Crippen molar-refractivity contribution < 1.29 is 4.79 Å². The molecule has 0 spiro atoms. The Morgan fingerprint density at radius 2 is 1.81 bits per heavy atom. The predicted octanol–water partition coefficient (Wildman–Crippen LogP) is 2.99. The van der Waals surface area contributed by atoms with Crippen LogP contribution in [0, 0.1) is 5.92 Å². The molecule has 1 atom stereocenters. The van der Waals surface area contributed by atoms with E-state index in [1.54, 1.807) is 0 Å². The highest BCUT2D eigenvalue weighted by molar-refractivity contribution is 5.80. The minimum absolute atomic E-state index is 0.104. The number of hydrogen-bond donors (Lipinski definition) is 0. The van der Waals surface area contributed by atoms with E-state index >= 15 is 0 Å². The summed E-state index contributed by atoms with van der Waals surface area (Å²) in [5.74, 6) is 0.443. The second-order valence-corrected chi connectivity index (χ2v) is 7.68. The molecule has 2 aromatic heterocycles. The maximum Gasteiger partial charge on any atom is 0.227 e. The Morgan fingerprint density at radius 1 is 1.07 bits per heavy atom. The minimum atomic E-state index is 0.104. The molecule has 2 aromatic rings. The predicted molar refractivity (Wildman–Crippen MR) is 107 cm³/mol. The van der Waals surface area contributed by atoms with E-state index in [0.29, 0.717) is 5.91 Å². The van der Waals surface area contributed by atoms with Crippen molar-refractivity contribution in [1.82, 2.24) is 19.9 Å². The smallest absolute Gasteiger partial charge is 0.227 e. The summed E-state index contributed by atoms with van der Waals surface area (Å²) < 4.78 is 0. The summed E-state index contributed by atoms with van der Waals surface area (Å²) in [5.41, 5.74) is 4.73. The van der Waals surface area contributed by atoms with Gasteiger partial charge < -0.3 is 9.80 Å². The number of likely N-dealkylation sites (tertiary alicyclic amines) is 1. The average molecular weight is 367 g/mol. The van der Waals surface area contributed by atoms with Crippen molar-refractivity contribution in [2.75, 3.05) is 31.1 Å². The first-order valence-electron chi connectivity index (χ1n) is 10.4. The number of anilines is 1. The van der Waals surface area contributed by atoms with Crippen LogP contribution in [0.2, 0.25) is 0 Å². The van der Waals surface area contributed by atoms with Gasteiger partial charge in [0.25, 0.3) is 0 Å². The number of nitrogens with zero attached hydrogens (tertiary/aromatic N) is 5. The van der Waals surface area contributed by atoms with Crippen LogP contribution in [0.3, 0.4) is 0 Å². The molecule has 4 heterocycles. The van der Waals surface area contributed by atoms with Crippen molar-refractivity contribution in [1.29, 1.82) is 0 Å². The summed E-state index contributed by atoms with van der Waals surface area (Å²) in [6.45, 7) is 7.84. The van der Waals surface area contributed by atoms with Crippen LogP contribution in [-0.4, -0.2) is 51.9 Å². The van der Waals surface area contributed by atoms with E-state index in [9.17, 15) is 4.79 Å². The Kier molecular flexibility index (Phi) is 5.23. The van der Waals surface area contributed by atoms with Crippen LogP contribution in [0.5, 0.6) is 0 Å². The van der Waals surface area contributed by atoms with Gasteiger partial charge in [-0.25, -0.2) is 15.0 Å². The van der Waals surface area contributed by atoms with Crippen molar-refractivity contribution in [2.24, 2.45) is 5.92 Å². The lowest BCUT2D eigenvalue weighted by Crippen LogP contribution is -2.44. The second-order valence-electron chi connectivity index (χ2n) is 7.68. The Hall–Kier alpha value is -2.24. The summed E-state index contributed by atoms with van der Waals surface area (Å²) in [6, 6.07) is 2.09. The molecule has 0 aromatic carbocycles. The van der Waals surface area contributed by atoms with E-state index in [2.05, 4.69) is 34.7 Å². The van der Waals surface area contributed by atoms with Crippen molar-refractivity contribution in [3.63, 3.8) is 0 Å². The molecule has 2 aliphatic rings. The zero-order valence-electron chi connectivity index (χ0n) is 16.4. The Balaban J connectivity index is 1.56. The average Bonchev–Trinajstić information content (AvgIpc) is 3.26. The maximum absolute atomic E-state index is 12.8. The molecule has 2 fully saturated rings. The molecule has 6 heteroatoms. The third kappa shape index (κ3) is 3.62. The van der Waals surface area contributed by atoms with Crippen molar-refractivity contribution in [2.45, 2.75) is 52.4 Å². The van der Waals surface area contributed by atoms with Gasteiger partial charge in [0.2, 0.25) is 5.91 Å². The van der Waals surface area contributed by atoms with Gasteiger partial charge in [-0.2, -0.15) is 0 Å². The zero-order chi connectivity index (χ0) is 18.8. The van der Waals surface area contributed by atoms with E-state index < -0.39 is 0 Å². The minimum Gasteiger partial charge on any atom is -0.369 e. The molecule has 0 saturated carbocycles. The van der Waals surface area contributed by atoms with Crippen LogP contribution in [0.4, 0.5) is 5.69 Å². The fourth-order valence-electron chi connectivity index (χ4n) is 4.35. The quantitative estimate of drug-likeness (QED) is 0.831. The number of aryl methyl sites for hydroxylation is 2. The standard InChI is InChI=1S/C21H29N5O/c1-3-17-18(4-2)24-20-19(23-17)12-16(13-22-20)26-11-7-8-15(14-26)21(27)25-9-5-6-10-25/h12-13,15H,3-11,14H2,1-2H3. The summed E-state index contributed by atoms with van der Waals surface area (Å²) in [5, 5.41) is 0. The molecular weight excluding hydrogens is 338 g/mol. The second kappa shape index (κ2) is 7.79. The van der Waals surface area contributed by atoms with Crippen LogP contribution < -0.4 is 4.90 Å². The summed E-state index contributed by atoms with van der Waals surface area (Å²) in [6.07, 6.45) is 7.98. The lowest BCUT2D eigenvalue weighted by molar-refractivity contribution is -0.134.